The van der Waals surface area contributed by atoms with Crippen LogP contribution in [-0.2, 0) is 4.79 Å². The summed E-state index contributed by atoms with van der Waals surface area (Å²) in [7, 11) is 0. The van der Waals surface area contributed by atoms with E-state index in [9.17, 15) is 4.79 Å². The van der Waals surface area contributed by atoms with Gasteiger partial charge < -0.3 is 5.11 Å². The van der Waals surface area contributed by atoms with Crippen LogP contribution in [0.15, 0.2) is 0 Å². The molecule has 0 aromatic carbocycles. The summed E-state index contributed by atoms with van der Waals surface area (Å²) in [6.07, 6.45) is 4.00. The Morgan fingerprint density at radius 1 is 1.31 bits per heavy atom. The SMILES string of the molecule is O=C(O)CCC1C2CCC1CSC2. The first kappa shape index (κ1) is 9.38. The molecule has 2 fully saturated rings. The second-order valence-corrected chi connectivity index (χ2v) is 5.31. The highest BCUT2D eigenvalue weighted by atomic mass is 32.2. The van der Waals surface area contributed by atoms with Gasteiger partial charge in [0.2, 0.25) is 0 Å². The quantitative estimate of drug-likeness (QED) is 0.759. The average Bonchev–Trinajstić information content (AvgIpc) is 2.34. The van der Waals surface area contributed by atoms with E-state index < -0.39 is 5.97 Å². The Kier molecular flexibility index (Phi) is 2.82. The molecule has 0 aromatic rings. The molecule has 0 aromatic heterocycles. The number of carboxylic acid groups (broad SMARTS) is 1. The lowest BCUT2D eigenvalue weighted by Gasteiger charge is -2.29. The lowest BCUT2D eigenvalue weighted by Crippen LogP contribution is -2.24. The van der Waals surface area contributed by atoms with Gasteiger partial charge in [-0.3, -0.25) is 4.79 Å². The molecule has 2 nitrogen and oxygen atoms in total. The highest BCUT2D eigenvalue weighted by Gasteiger charge is 2.38. The summed E-state index contributed by atoms with van der Waals surface area (Å²) in [6.45, 7) is 0. The fourth-order valence-corrected chi connectivity index (χ4v) is 4.36. The molecule has 1 aliphatic heterocycles. The van der Waals surface area contributed by atoms with Gasteiger partial charge in [-0.15, -0.1) is 0 Å². The predicted molar refractivity (Wildman–Crippen MR) is 53.9 cm³/mol. The number of thioether (sulfide) groups is 1. The molecule has 2 unspecified atom stereocenters. The molecular formula is C10H16O2S. The Hall–Kier alpha value is -0.180. The highest BCUT2D eigenvalue weighted by molar-refractivity contribution is 7.99. The minimum Gasteiger partial charge on any atom is -0.481 e. The second-order valence-electron chi connectivity index (χ2n) is 4.23. The Balaban J connectivity index is 1.88. The summed E-state index contributed by atoms with van der Waals surface area (Å²) in [4.78, 5) is 10.5. The predicted octanol–water partition coefficient (Wildman–Crippen LogP) is 2.24. The average molecular weight is 200 g/mol. The molecule has 2 atom stereocenters. The van der Waals surface area contributed by atoms with Crippen LogP contribution in [0.25, 0.3) is 0 Å². The van der Waals surface area contributed by atoms with Gasteiger partial charge in [0.25, 0.3) is 0 Å². The molecule has 0 radical (unpaired) electrons. The molecule has 3 heteroatoms. The van der Waals surface area contributed by atoms with Crippen LogP contribution in [0.5, 0.6) is 0 Å². The first-order chi connectivity index (χ1) is 6.27. The van der Waals surface area contributed by atoms with Crippen molar-refractivity contribution >= 4 is 17.7 Å². The van der Waals surface area contributed by atoms with Crippen molar-refractivity contribution in [3.63, 3.8) is 0 Å². The summed E-state index contributed by atoms with van der Waals surface area (Å²) < 4.78 is 0. The van der Waals surface area contributed by atoms with Gasteiger partial charge in [0, 0.05) is 6.42 Å². The van der Waals surface area contributed by atoms with Gasteiger partial charge in [0.05, 0.1) is 0 Å². The van der Waals surface area contributed by atoms with E-state index in [1.54, 1.807) is 0 Å². The maximum absolute atomic E-state index is 10.5. The lowest BCUT2D eigenvalue weighted by atomic mass is 9.87. The van der Waals surface area contributed by atoms with Gasteiger partial charge >= 0.3 is 5.97 Å². The van der Waals surface area contributed by atoms with E-state index in [1.807, 2.05) is 0 Å². The van der Waals surface area contributed by atoms with Gasteiger partial charge in [-0.2, -0.15) is 11.8 Å². The first-order valence-electron chi connectivity index (χ1n) is 5.07. The molecule has 0 spiro atoms. The Labute approximate surface area is 83.1 Å². The van der Waals surface area contributed by atoms with E-state index in [4.69, 9.17) is 5.11 Å². The van der Waals surface area contributed by atoms with Crippen LogP contribution in [0, 0.1) is 17.8 Å². The third-order valence-electron chi connectivity index (χ3n) is 3.47. The van der Waals surface area contributed by atoms with Crippen molar-refractivity contribution in [2.24, 2.45) is 17.8 Å². The van der Waals surface area contributed by atoms with E-state index in [1.165, 1.54) is 24.3 Å². The summed E-state index contributed by atoms with van der Waals surface area (Å²) in [5, 5.41) is 8.63. The molecule has 2 bridgehead atoms. The second kappa shape index (κ2) is 3.91. The molecule has 13 heavy (non-hydrogen) atoms. The van der Waals surface area contributed by atoms with Crippen molar-refractivity contribution in [3.8, 4) is 0 Å². The van der Waals surface area contributed by atoms with Gasteiger partial charge in [0.15, 0.2) is 0 Å². The third kappa shape index (κ3) is 2.01. The summed E-state index contributed by atoms with van der Waals surface area (Å²) in [5.74, 6) is 4.34. The summed E-state index contributed by atoms with van der Waals surface area (Å²) >= 11 is 2.06. The monoisotopic (exact) mass is 200 g/mol. The van der Waals surface area contributed by atoms with Crippen molar-refractivity contribution in [1.82, 2.24) is 0 Å². The van der Waals surface area contributed by atoms with Crippen LogP contribution in [0.2, 0.25) is 0 Å². The van der Waals surface area contributed by atoms with Crippen LogP contribution < -0.4 is 0 Å². The molecular weight excluding hydrogens is 184 g/mol. The Morgan fingerprint density at radius 3 is 2.46 bits per heavy atom. The summed E-state index contributed by atoms with van der Waals surface area (Å²) in [6, 6.07) is 0. The molecule has 1 aliphatic carbocycles. The molecule has 2 rings (SSSR count). The number of hydrogen-bond donors (Lipinski definition) is 1. The van der Waals surface area contributed by atoms with Crippen molar-refractivity contribution < 1.29 is 9.90 Å². The third-order valence-corrected chi connectivity index (χ3v) is 4.80. The van der Waals surface area contributed by atoms with Gasteiger partial charge in [-0.05, 0) is 48.5 Å². The number of carboxylic acids is 1. The first-order valence-corrected chi connectivity index (χ1v) is 6.22. The topological polar surface area (TPSA) is 37.3 Å². The molecule has 1 saturated carbocycles. The lowest BCUT2D eigenvalue weighted by molar-refractivity contribution is -0.137. The smallest absolute Gasteiger partial charge is 0.303 e. The van der Waals surface area contributed by atoms with Crippen LogP contribution in [0.1, 0.15) is 25.7 Å². The highest BCUT2D eigenvalue weighted by Crippen LogP contribution is 2.46. The van der Waals surface area contributed by atoms with Crippen LogP contribution in [0.4, 0.5) is 0 Å². The number of rotatable bonds is 3. The Bertz CT molecular complexity index is 189. The largest absolute Gasteiger partial charge is 0.481 e. The fraction of sp³-hybridized carbons (Fsp3) is 0.900. The zero-order valence-electron chi connectivity index (χ0n) is 7.74. The minimum atomic E-state index is -0.627. The minimum absolute atomic E-state index is 0.377. The maximum atomic E-state index is 10.5. The number of fused-ring (bicyclic) bond motifs is 2. The number of aliphatic carboxylic acids is 1. The van der Waals surface area contributed by atoms with E-state index >= 15 is 0 Å². The molecule has 1 saturated heterocycles. The zero-order valence-corrected chi connectivity index (χ0v) is 8.55. The maximum Gasteiger partial charge on any atom is 0.303 e. The van der Waals surface area contributed by atoms with Crippen LogP contribution in [-0.4, -0.2) is 22.6 Å². The van der Waals surface area contributed by atoms with Crippen LogP contribution >= 0.6 is 11.8 Å². The Morgan fingerprint density at radius 2 is 1.92 bits per heavy atom. The number of hydrogen-bond acceptors (Lipinski definition) is 2. The van der Waals surface area contributed by atoms with Crippen molar-refractivity contribution in [2.75, 3.05) is 11.5 Å². The van der Waals surface area contributed by atoms with E-state index in [0.717, 1.165) is 24.2 Å². The van der Waals surface area contributed by atoms with Gasteiger partial charge in [-0.25, -0.2) is 0 Å². The van der Waals surface area contributed by atoms with E-state index in [0.29, 0.717) is 6.42 Å². The molecule has 1 heterocycles. The van der Waals surface area contributed by atoms with Gasteiger partial charge in [-0.1, -0.05) is 0 Å². The standard InChI is InChI=1S/C10H16O2S/c11-10(12)4-3-9-7-1-2-8(9)6-13-5-7/h7-9H,1-6H2,(H,11,12). The number of carbonyl (C=O) groups is 1. The van der Waals surface area contributed by atoms with Gasteiger partial charge in [0.1, 0.15) is 0 Å². The summed E-state index contributed by atoms with van der Waals surface area (Å²) in [5.41, 5.74) is 0. The van der Waals surface area contributed by atoms with E-state index in [-0.39, 0.29) is 0 Å². The molecule has 74 valence electrons. The van der Waals surface area contributed by atoms with E-state index in [2.05, 4.69) is 11.8 Å². The van der Waals surface area contributed by atoms with Crippen molar-refractivity contribution in [3.05, 3.63) is 0 Å². The fourth-order valence-electron chi connectivity index (χ4n) is 2.79. The normalized spacial score (nSPS) is 37.7. The molecule has 2 aliphatic rings. The molecule has 1 N–H and O–H groups in total. The molecule has 0 amide bonds. The zero-order chi connectivity index (χ0) is 9.26. The van der Waals surface area contributed by atoms with Crippen molar-refractivity contribution in [1.29, 1.82) is 0 Å². The van der Waals surface area contributed by atoms with Crippen molar-refractivity contribution in [2.45, 2.75) is 25.7 Å². The van der Waals surface area contributed by atoms with Crippen LogP contribution in [0.3, 0.4) is 0 Å².